The molecule has 2 atom stereocenters. The molecule has 0 spiro atoms. The molecule has 3 aromatic carbocycles. The van der Waals surface area contributed by atoms with Gasteiger partial charge < -0.3 is 29.5 Å². The fourth-order valence-electron chi connectivity index (χ4n) is 6.02. The number of β-lactam (4-membered cyclic amide) rings is 1. The molecule has 2 N–H and O–H groups in total. The second kappa shape index (κ2) is 14.8. The molecule has 2 amide bonds. The summed E-state index contributed by atoms with van der Waals surface area (Å²) in [7, 11) is 0.147. The number of anilines is 1. The Hall–Kier alpha value is -5.01. The summed E-state index contributed by atoms with van der Waals surface area (Å²) in [4.78, 5) is 49.4. The molecule has 0 saturated carbocycles. The van der Waals surface area contributed by atoms with Gasteiger partial charge in [0.05, 0.1) is 13.2 Å². The maximum Gasteiger partial charge on any atom is 0.508 e. The number of methoxy groups -OCH3 is 1. The Morgan fingerprint density at radius 1 is 0.900 bits per heavy atom. The number of oxime groups is 1. The van der Waals surface area contributed by atoms with Gasteiger partial charge in [-0.2, -0.15) is 0 Å². The fraction of sp³-hybridized carbons (Fsp3) is 0.324. The van der Waals surface area contributed by atoms with Crippen LogP contribution in [-0.2, 0) is 29.4 Å². The van der Waals surface area contributed by atoms with Crippen molar-refractivity contribution >= 4 is 48.4 Å². The van der Waals surface area contributed by atoms with Crippen molar-refractivity contribution in [2.45, 2.75) is 56.5 Å². The highest BCUT2D eigenvalue weighted by atomic mass is 32.1. The summed E-state index contributed by atoms with van der Waals surface area (Å²) in [5, 5.41) is 12.6. The predicted octanol–water partition coefficient (Wildman–Crippen LogP) is 6.38. The van der Waals surface area contributed by atoms with E-state index in [4.69, 9.17) is 14.6 Å². The summed E-state index contributed by atoms with van der Waals surface area (Å²) >= 11 is 1.31. The van der Waals surface area contributed by atoms with Crippen LogP contribution in [0.1, 0.15) is 43.2 Å². The Morgan fingerprint density at radius 3 is 1.88 bits per heavy atom. The van der Waals surface area contributed by atoms with Gasteiger partial charge in [-0.25, -0.2) is 9.78 Å². The molecule has 1 aromatic heterocycles. The Labute approximate surface area is 297 Å². The lowest BCUT2D eigenvalue weighted by molar-refractivity contribution is -0.148. The van der Waals surface area contributed by atoms with Gasteiger partial charge in [0.1, 0.15) is 31.0 Å². The lowest BCUT2D eigenvalue weighted by Crippen LogP contribution is -2.80. The van der Waals surface area contributed by atoms with Gasteiger partial charge in [0.15, 0.2) is 19.1 Å². The summed E-state index contributed by atoms with van der Waals surface area (Å²) in [5.74, 6) is -0.903. The molecule has 4 aromatic rings. The maximum absolute atomic E-state index is 13.9. The molecule has 50 heavy (non-hydrogen) atoms. The van der Waals surface area contributed by atoms with Crippen molar-refractivity contribution in [3.63, 3.8) is 0 Å². The third-order valence-corrected chi connectivity index (χ3v) is 15.7. The molecule has 2 heterocycles. The van der Waals surface area contributed by atoms with Crippen LogP contribution in [0.3, 0.4) is 0 Å². The van der Waals surface area contributed by atoms with Gasteiger partial charge in [0, 0.05) is 5.38 Å². The quantitative estimate of drug-likeness (QED) is 0.0432. The second-order valence-corrected chi connectivity index (χ2v) is 19.4. The minimum Gasteiger partial charge on any atom is -0.438 e. The van der Waals surface area contributed by atoms with Crippen molar-refractivity contribution in [1.29, 1.82) is 0 Å². The highest BCUT2D eigenvalue weighted by Crippen LogP contribution is 2.43. The van der Waals surface area contributed by atoms with Gasteiger partial charge >= 0.3 is 6.16 Å². The highest BCUT2D eigenvalue weighted by molar-refractivity contribution is 7.14. The number of nitrogens with one attached hydrogen (secondary N) is 2. The molecular formula is C37H43N5O6SSi. The van der Waals surface area contributed by atoms with Crippen LogP contribution in [0.2, 0.25) is 18.1 Å². The maximum atomic E-state index is 13.9. The fourth-order valence-corrected chi connectivity index (χ4v) is 9.24. The van der Waals surface area contributed by atoms with Crippen LogP contribution >= 0.6 is 11.3 Å². The van der Waals surface area contributed by atoms with Crippen LogP contribution in [-0.4, -0.2) is 74.4 Å². The Morgan fingerprint density at radius 2 is 1.42 bits per heavy atom. The minimum atomic E-state index is -2.41. The number of rotatable bonds is 12. The van der Waals surface area contributed by atoms with Crippen LogP contribution in [0.4, 0.5) is 9.93 Å². The topological polar surface area (TPSA) is 131 Å². The van der Waals surface area contributed by atoms with E-state index >= 15 is 0 Å². The van der Waals surface area contributed by atoms with Crippen LogP contribution in [0.5, 0.6) is 0 Å². The number of aromatic nitrogens is 1. The molecule has 1 aliphatic rings. The van der Waals surface area contributed by atoms with E-state index in [1.165, 1.54) is 25.6 Å². The first-order chi connectivity index (χ1) is 23.8. The average molecular weight is 714 g/mol. The van der Waals surface area contributed by atoms with E-state index in [0.717, 1.165) is 16.7 Å². The molecule has 11 nitrogen and oxygen atoms in total. The first-order valence-electron chi connectivity index (χ1n) is 16.2. The Bertz CT molecular complexity index is 1730. The van der Waals surface area contributed by atoms with Gasteiger partial charge in [-0.05, 0) is 21.7 Å². The Kier molecular flexibility index (Phi) is 10.8. The van der Waals surface area contributed by atoms with E-state index in [1.54, 1.807) is 9.95 Å². The summed E-state index contributed by atoms with van der Waals surface area (Å²) in [6, 6.07) is 28.7. The highest BCUT2D eigenvalue weighted by Gasteiger charge is 2.58. The standard InChI is InChI=1S/C37H43N5O6SSi/c1-36(2,3)50(6,7)42-29(23-48-35(45)46-4)31(33(42)44)39-32(43)30(41-47-5)28-24-49-34(38-28)40-37(25-17-11-8-12-18-25,26-19-13-9-14-20-26)27-21-15-10-16-22-27/h8-22,24,29,31H,23H2,1-7H3,(H,38,40)(H,39,43)/t29-,31+/m0/s1. The van der Waals surface area contributed by atoms with Crippen LogP contribution < -0.4 is 10.6 Å². The number of carbonyl (C=O) groups is 3. The van der Waals surface area contributed by atoms with Crippen molar-refractivity contribution in [2.75, 3.05) is 26.1 Å². The van der Waals surface area contributed by atoms with E-state index in [-0.39, 0.29) is 29.0 Å². The predicted molar refractivity (Wildman–Crippen MR) is 197 cm³/mol. The largest absolute Gasteiger partial charge is 0.508 e. The van der Waals surface area contributed by atoms with E-state index in [2.05, 4.69) is 90.8 Å². The first kappa shape index (κ1) is 36.3. The smallest absolute Gasteiger partial charge is 0.438 e. The number of hydrogen-bond donors (Lipinski definition) is 2. The molecule has 1 saturated heterocycles. The third-order valence-electron chi connectivity index (χ3n) is 9.54. The van der Waals surface area contributed by atoms with Gasteiger partial charge in [0.2, 0.25) is 5.91 Å². The van der Waals surface area contributed by atoms with Crippen LogP contribution in [0, 0.1) is 0 Å². The number of carbonyl (C=O) groups excluding carboxylic acids is 3. The second-order valence-electron chi connectivity index (χ2n) is 13.4. The number of thiazole rings is 1. The van der Waals surface area contributed by atoms with Gasteiger partial charge in [0.25, 0.3) is 5.91 Å². The number of amides is 2. The molecule has 0 radical (unpaired) electrons. The molecule has 1 fully saturated rings. The summed E-state index contributed by atoms with van der Waals surface area (Å²) in [5.41, 5.74) is 2.30. The number of ether oxygens (including phenoxy) is 2. The van der Waals surface area contributed by atoms with Gasteiger partial charge in [-0.3, -0.25) is 9.59 Å². The Balaban J connectivity index is 1.46. The summed E-state index contributed by atoms with van der Waals surface area (Å²) in [6.45, 7) is 10.3. The average Bonchev–Trinajstić information content (AvgIpc) is 3.58. The van der Waals surface area contributed by atoms with Crippen molar-refractivity contribution in [3.05, 3.63) is 119 Å². The van der Waals surface area contributed by atoms with E-state index < -0.39 is 37.9 Å². The normalized spacial score (nSPS) is 16.7. The first-order valence-corrected chi connectivity index (χ1v) is 20.0. The van der Waals surface area contributed by atoms with Crippen molar-refractivity contribution < 1.29 is 28.7 Å². The minimum absolute atomic E-state index is 0.104. The van der Waals surface area contributed by atoms with Crippen LogP contribution in [0.25, 0.3) is 0 Å². The molecule has 1 aliphatic heterocycles. The number of hydrogen-bond acceptors (Lipinski definition) is 10. The molecule has 5 rings (SSSR count). The van der Waals surface area contributed by atoms with E-state index in [9.17, 15) is 14.4 Å². The zero-order valence-electron chi connectivity index (χ0n) is 29.3. The molecule has 262 valence electrons. The number of benzene rings is 3. The van der Waals surface area contributed by atoms with Gasteiger partial charge in [-0.15, -0.1) is 11.3 Å². The van der Waals surface area contributed by atoms with Crippen molar-refractivity contribution in [1.82, 2.24) is 14.9 Å². The van der Waals surface area contributed by atoms with Crippen LogP contribution in [0.15, 0.2) is 102 Å². The molecular weight excluding hydrogens is 671 g/mol. The summed E-state index contributed by atoms with van der Waals surface area (Å²) < 4.78 is 11.7. The molecule has 0 bridgehead atoms. The monoisotopic (exact) mass is 713 g/mol. The SMILES string of the molecule is CON=C(C(=O)N[C@H]1C(=O)N([Si](C)(C)C(C)(C)C)[C@H]1COC(=O)OC)c1csc(NC(c2ccccc2)(c2ccccc2)c2ccccc2)n1. The van der Waals surface area contributed by atoms with Crippen molar-refractivity contribution in [3.8, 4) is 0 Å². The number of nitrogens with zero attached hydrogens (tertiary/aromatic N) is 3. The molecule has 13 heteroatoms. The molecule has 0 unspecified atom stereocenters. The van der Waals surface area contributed by atoms with E-state index in [0.29, 0.717) is 5.13 Å². The summed E-state index contributed by atoms with van der Waals surface area (Å²) in [6.07, 6.45) is -0.869. The van der Waals surface area contributed by atoms with Crippen molar-refractivity contribution in [2.24, 2.45) is 5.16 Å². The lowest BCUT2D eigenvalue weighted by Gasteiger charge is -2.57. The molecule has 0 aliphatic carbocycles. The zero-order chi connectivity index (χ0) is 36.1. The van der Waals surface area contributed by atoms with E-state index in [1.807, 2.05) is 54.6 Å². The van der Waals surface area contributed by atoms with Gasteiger partial charge in [-0.1, -0.05) is 130 Å². The zero-order valence-corrected chi connectivity index (χ0v) is 31.1. The third kappa shape index (κ3) is 7.01. The lowest BCUT2D eigenvalue weighted by atomic mass is 9.77.